The number of hydrogen-bond donors (Lipinski definition) is 0. The molecule has 4 rings (SSSR count). The number of rotatable bonds is 9. The molecule has 0 amide bonds. The third-order valence-electron chi connectivity index (χ3n) is 12.6. The van der Waals surface area contributed by atoms with Crippen LogP contribution in [0.25, 0.3) is 0 Å². The van der Waals surface area contributed by atoms with Crippen molar-refractivity contribution in [3.63, 3.8) is 0 Å². The molecule has 8 unspecified atom stereocenters. The standard InChI is InChI=1S/C33H58O2/c1-8-10-11-12-13-23(3)27-16-17-28-26-15-14-24-22-25(35-30(34)31(4,5)9-2)18-20-32(24,6)29(26)19-21-33(27,28)7/h23-29H,8-22H2,1-7H3/t23?,24?,25-,26?,27?,28?,29?,32?,33?/m1/s1. The first-order chi connectivity index (χ1) is 16.6. The van der Waals surface area contributed by atoms with Gasteiger partial charge in [0, 0.05) is 0 Å². The maximum Gasteiger partial charge on any atom is 0.311 e. The van der Waals surface area contributed by atoms with E-state index in [-0.39, 0.29) is 17.5 Å². The molecule has 9 atom stereocenters. The van der Waals surface area contributed by atoms with Crippen molar-refractivity contribution in [3.8, 4) is 0 Å². The van der Waals surface area contributed by atoms with E-state index in [2.05, 4.69) is 34.6 Å². The highest BCUT2D eigenvalue weighted by Gasteiger charge is 2.60. The number of carbonyl (C=O) groups is 1. The first kappa shape index (κ1) is 27.5. The summed E-state index contributed by atoms with van der Waals surface area (Å²) in [7, 11) is 0. The van der Waals surface area contributed by atoms with Crippen molar-refractivity contribution < 1.29 is 9.53 Å². The molecule has 0 aromatic heterocycles. The van der Waals surface area contributed by atoms with Gasteiger partial charge in [0.25, 0.3) is 0 Å². The highest BCUT2D eigenvalue weighted by Crippen LogP contribution is 2.68. The largest absolute Gasteiger partial charge is 0.462 e. The Morgan fingerprint density at radius 1 is 0.914 bits per heavy atom. The van der Waals surface area contributed by atoms with Crippen molar-refractivity contribution in [1.29, 1.82) is 0 Å². The van der Waals surface area contributed by atoms with E-state index in [1.165, 1.54) is 77.0 Å². The summed E-state index contributed by atoms with van der Waals surface area (Å²) < 4.78 is 6.11. The topological polar surface area (TPSA) is 26.3 Å². The summed E-state index contributed by atoms with van der Waals surface area (Å²) in [6.45, 7) is 16.4. The molecule has 0 aliphatic heterocycles. The second kappa shape index (κ2) is 10.7. The van der Waals surface area contributed by atoms with Gasteiger partial charge in [-0.1, -0.05) is 66.7 Å². The number of hydrogen-bond acceptors (Lipinski definition) is 2. The third-order valence-corrected chi connectivity index (χ3v) is 12.6. The van der Waals surface area contributed by atoms with Crippen molar-refractivity contribution in [2.75, 3.05) is 0 Å². The second-order valence-electron chi connectivity index (χ2n) is 14.8. The predicted molar refractivity (Wildman–Crippen MR) is 147 cm³/mol. The molecule has 35 heavy (non-hydrogen) atoms. The Balaban J connectivity index is 1.39. The molecule has 0 spiro atoms. The lowest BCUT2D eigenvalue weighted by Gasteiger charge is -2.61. The minimum absolute atomic E-state index is 0.0246. The Kier molecular flexibility index (Phi) is 8.40. The van der Waals surface area contributed by atoms with Crippen LogP contribution in [-0.4, -0.2) is 12.1 Å². The molecule has 4 aliphatic rings. The smallest absolute Gasteiger partial charge is 0.311 e. The zero-order valence-electron chi connectivity index (χ0n) is 24.5. The fourth-order valence-electron chi connectivity index (χ4n) is 9.85. The molecule has 0 aromatic rings. The number of ether oxygens (including phenoxy) is 1. The van der Waals surface area contributed by atoms with Crippen molar-refractivity contribution in [1.82, 2.24) is 0 Å². The summed E-state index contributed by atoms with van der Waals surface area (Å²) >= 11 is 0. The summed E-state index contributed by atoms with van der Waals surface area (Å²) in [5.41, 5.74) is 0.711. The molecule has 0 aromatic carbocycles. The molecule has 4 saturated carbocycles. The molecule has 0 saturated heterocycles. The first-order valence-corrected chi connectivity index (χ1v) is 15.8. The van der Waals surface area contributed by atoms with Gasteiger partial charge < -0.3 is 4.74 Å². The zero-order valence-corrected chi connectivity index (χ0v) is 24.5. The van der Waals surface area contributed by atoms with E-state index in [0.717, 1.165) is 54.8 Å². The molecule has 2 nitrogen and oxygen atoms in total. The predicted octanol–water partition coefficient (Wildman–Crippen LogP) is 9.60. The summed E-state index contributed by atoms with van der Waals surface area (Å²) in [6.07, 6.45) is 20.3. The minimum Gasteiger partial charge on any atom is -0.462 e. The van der Waals surface area contributed by atoms with Gasteiger partial charge in [-0.15, -0.1) is 0 Å². The van der Waals surface area contributed by atoms with Gasteiger partial charge in [0.15, 0.2) is 0 Å². The Morgan fingerprint density at radius 2 is 1.63 bits per heavy atom. The fourth-order valence-corrected chi connectivity index (χ4v) is 9.85. The molecule has 0 N–H and O–H groups in total. The van der Waals surface area contributed by atoms with Gasteiger partial charge in [-0.3, -0.25) is 4.79 Å². The van der Waals surface area contributed by atoms with Crippen LogP contribution in [0.2, 0.25) is 0 Å². The Bertz CT molecular complexity index is 727. The van der Waals surface area contributed by atoms with E-state index in [0.29, 0.717) is 10.8 Å². The fraction of sp³-hybridized carbons (Fsp3) is 0.970. The maximum absolute atomic E-state index is 12.8. The molecule has 0 radical (unpaired) electrons. The van der Waals surface area contributed by atoms with Crippen LogP contribution in [0.1, 0.15) is 145 Å². The molecular weight excluding hydrogens is 428 g/mol. The van der Waals surface area contributed by atoms with Crippen LogP contribution in [0, 0.1) is 51.8 Å². The van der Waals surface area contributed by atoms with Crippen molar-refractivity contribution in [3.05, 3.63) is 0 Å². The summed E-state index contributed by atoms with van der Waals surface area (Å²) in [5.74, 6) is 5.45. The summed E-state index contributed by atoms with van der Waals surface area (Å²) in [4.78, 5) is 12.8. The Morgan fingerprint density at radius 3 is 2.34 bits per heavy atom. The lowest BCUT2D eigenvalue weighted by molar-refractivity contribution is -0.171. The van der Waals surface area contributed by atoms with Crippen LogP contribution in [0.5, 0.6) is 0 Å². The highest BCUT2D eigenvalue weighted by molar-refractivity contribution is 5.76. The molecule has 2 heteroatoms. The maximum atomic E-state index is 12.8. The molecule has 4 aliphatic carbocycles. The van der Waals surface area contributed by atoms with Gasteiger partial charge in [0.05, 0.1) is 5.41 Å². The van der Waals surface area contributed by atoms with E-state index in [1.807, 2.05) is 13.8 Å². The van der Waals surface area contributed by atoms with Crippen LogP contribution >= 0.6 is 0 Å². The van der Waals surface area contributed by atoms with E-state index in [9.17, 15) is 4.79 Å². The second-order valence-corrected chi connectivity index (χ2v) is 14.8. The zero-order chi connectivity index (χ0) is 25.4. The van der Waals surface area contributed by atoms with Crippen LogP contribution in [0.3, 0.4) is 0 Å². The van der Waals surface area contributed by atoms with Crippen LogP contribution < -0.4 is 0 Å². The van der Waals surface area contributed by atoms with Crippen molar-refractivity contribution >= 4 is 5.97 Å². The van der Waals surface area contributed by atoms with E-state index < -0.39 is 0 Å². The molecule has 4 fully saturated rings. The lowest BCUT2D eigenvalue weighted by Crippen LogP contribution is -2.54. The van der Waals surface area contributed by atoms with E-state index in [4.69, 9.17) is 4.74 Å². The SMILES string of the molecule is CCCCCCC(C)C1CCC2C3CCC4C[C@H](OC(=O)C(C)(C)CC)CCC4(C)C3CCC12C. The molecular formula is C33H58O2. The lowest BCUT2D eigenvalue weighted by atomic mass is 9.44. The van der Waals surface area contributed by atoms with Gasteiger partial charge in [0.2, 0.25) is 0 Å². The average Bonchev–Trinajstić information content (AvgIpc) is 3.19. The van der Waals surface area contributed by atoms with E-state index in [1.54, 1.807) is 0 Å². The quantitative estimate of drug-likeness (QED) is 0.239. The summed E-state index contributed by atoms with van der Waals surface area (Å²) in [6, 6.07) is 0. The van der Waals surface area contributed by atoms with Gasteiger partial charge in [-0.05, 0) is 124 Å². The van der Waals surface area contributed by atoms with Crippen molar-refractivity contribution in [2.24, 2.45) is 51.8 Å². The number of fused-ring (bicyclic) bond motifs is 5. The van der Waals surface area contributed by atoms with Crippen LogP contribution in [-0.2, 0) is 9.53 Å². The van der Waals surface area contributed by atoms with Gasteiger partial charge in [0.1, 0.15) is 6.10 Å². The van der Waals surface area contributed by atoms with Crippen molar-refractivity contribution in [2.45, 2.75) is 151 Å². The van der Waals surface area contributed by atoms with Crippen LogP contribution in [0.15, 0.2) is 0 Å². The monoisotopic (exact) mass is 486 g/mol. The highest BCUT2D eigenvalue weighted by atomic mass is 16.5. The number of unbranched alkanes of at least 4 members (excludes halogenated alkanes) is 3. The third kappa shape index (κ3) is 5.12. The average molecular weight is 487 g/mol. The number of carbonyl (C=O) groups excluding carboxylic acids is 1. The minimum atomic E-state index is -0.349. The van der Waals surface area contributed by atoms with Crippen LogP contribution in [0.4, 0.5) is 0 Å². The Hall–Kier alpha value is -0.530. The first-order valence-electron chi connectivity index (χ1n) is 15.8. The normalized spacial score (nSPS) is 42.0. The molecule has 0 bridgehead atoms. The summed E-state index contributed by atoms with van der Waals surface area (Å²) in [5, 5.41) is 0. The van der Waals surface area contributed by atoms with Gasteiger partial charge in [-0.25, -0.2) is 0 Å². The van der Waals surface area contributed by atoms with Gasteiger partial charge in [-0.2, -0.15) is 0 Å². The van der Waals surface area contributed by atoms with E-state index >= 15 is 0 Å². The number of esters is 1. The molecule has 202 valence electrons. The van der Waals surface area contributed by atoms with Gasteiger partial charge >= 0.3 is 5.97 Å². The Labute approximate surface area is 218 Å². The molecule has 0 heterocycles.